The lowest BCUT2D eigenvalue weighted by Crippen LogP contribution is -2.35. The Labute approximate surface area is 154 Å². The third-order valence-corrected chi connectivity index (χ3v) is 3.85. The highest BCUT2D eigenvalue weighted by molar-refractivity contribution is 6.30. The van der Waals surface area contributed by atoms with Gasteiger partial charge in [-0.05, 0) is 43.3 Å². The lowest BCUT2D eigenvalue weighted by molar-refractivity contribution is 0.256. The topological polar surface area (TPSA) is 95.1 Å². The van der Waals surface area contributed by atoms with E-state index in [2.05, 4.69) is 15.5 Å². The van der Waals surface area contributed by atoms with E-state index in [0.29, 0.717) is 27.8 Å². The van der Waals surface area contributed by atoms with Gasteiger partial charge in [0, 0.05) is 10.7 Å². The van der Waals surface area contributed by atoms with Gasteiger partial charge >= 0.3 is 6.03 Å². The van der Waals surface area contributed by atoms with Crippen LogP contribution in [0.15, 0.2) is 53.3 Å². The van der Waals surface area contributed by atoms with Gasteiger partial charge in [-0.15, -0.1) is 0 Å². The van der Waals surface area contributed by atoms with Crippen molar-refractivity contribution in [1.29, 1.82) is 5.26 Å². The molecule has 0 aliphatic carbocycles. The molecule has 2 aromatic heterocycles. The minimum absolute atomic E-state index is 0.150. The number of nitrogens with zero attached hydrogens (tertiary/aromatic N) is 4. The number of rotatable bonds is 4. The number of hydrogen-bond donors (Lipinski definition) is 1. The number of halogens is 1. The van der Waals surface area contributed by atoms with Gasteiger partial charge in [-0.1, -0.05) is 22.8 Å². The van der Waals surface area contributed by atoms with Crippen molar-refractivity contribution in [3.8, 4) is 6.07 Å². The normalized spacial score (nSPS) is 10.2. The van der Waals surface area contributed by atoms with Gasteiger partial charge in [0.2, 0.25) is 0 Å². The molecule has 0 spiro atoms. The number of amides is 2. The molecule has 1 N–H and O–H groups in total. The SMILES string of the molecule is Cc1nocc1N(Cc1cccc(C#N)n1)C(=O)Nc1ccc(Cl)cc1. The van der Waals surface area contributed by atoms with Gasteiger partial charge < -0.3 is 9.84 Å². The van der Waals surface area contributed by atoms with Crippen molar-refractivity contribution in [2.75, 3.05) is 10.2 Å². The second-order valence-corrected chi connectivity index (χ2v) is 5.87. The number of pyridine rings is 1. The predicted molar refractivity (Wildman–Crippen MR) is 96.8 cm³/mol. The summed E-state index contributed by atoms with van der Waals surface area (Å²) in [7, 11) is 0. The van der Waals surface area contributed by atoms with Crippen LogP contribution in [-0.4, -0.2) is 16.2 Å². The first kappa shape index (κ1) is 17.5. The van der Waals surface area contributed by atoms with Crippen molar-refractivity contribution in [1.82, 2.24) is 10.1 Å². The predicted octanol–water partition coefficient (Wildman–Crippen LogP) is 4.14. The van der Waals surface area contributed by atoms with Crippen LogP contribution in [0.25, 0.3) is 0 Å². The van der Waals surface area contributed by atoms with E-state index in [1.807, 2.05) is 6.07 Å². The number of urea groups is 1. The van der Waals surface area contributed by atoms with Crippen LogP contribution in [0, 0.1) is 18.3 Å². The van der Waals surface area contributed by atoms with Gasteiger partial charge in [0.05, 0.1) is 12.2 Å². The van der Waals surface area contributed by atoms with E-state index in [-0.39, 0.29) is 18.3 Å². The molecule has 0 radical (unpaired) electrons. The summed E-state index contributed by atoms with van der Waals surface area (Å²) in [5.41, 5.74) is 2.52. The summed E-state index contributed by atoms with van der Waals surface area (Å²) < 4.78 is 4.96. The molecule has 1 aromatic carbocycles. The Hall–Kier alpha value is -3.37. The van der Waals surface area contributed by atoms with Crippen molar-refractivity contribution in [3.63, 3.8) is 0 Å². The van der Waals surface area contributed by atoms with E-state index in [0.717, 1.165) is 0 Å². The molecule has 0 saturated carbocycles. The van der Waals surface area contributed by atoms with E-state index < -0.39 is 0 Å². The zero-order valence-corrected chi connectivity index (χ0v) is 14.6. The zero-order valence-electron chi connectivity index (χ0n) is 13.8. The van der Waals surface area contributed by atoms with Crippen LogP contribution >= 0.6 is 11.6 Å². The van der Waals surface area contributed by atoms with Crippen molar-refractivity contribution >= 4 is 29.0 Å². The Kier molecular flexibility index (Phi) is 5.15. The summed E-state index contributed by atoms with van der Waals surface area (Å²) in [5.74, 6) is 0. The molecule has 130 valence electrons. The maximum absolute atomic E-state index is 12.8. The number of carbonyl (C=O) groups excluding carboxylic acids is 1. The fourth-order valence-electron chi connectivity index (χ4n) is 2.33. The number of aryl methyl sites for hydroxylation is 1. The molecular formula is C18H14ClN5O2. The number of hydrogen-bond acceptors (Lipinski definition) is 5. The van der Waals surface area contributed by atoms with Gasteiger partial charge in [-0.25, -0.2) is 9.78 Å². The summed E-state index contributed by atoms with van der Waals surface area (Å²) in [4.78, 5) is 18.5. The van der Waals surface area contributed by atoms with Gasteiger partial charge in [-0.2, -0.15) is 5.26 Å². The second-order valence-electron chi connectivity index (χ2n) is 5.43. The molecule has 26 heavy (non-hydrogen) atoms. The maximum atomic E-state index is 12.8. The van der Waals surface area contributed by atoms with Crippen molar-refractivity contribution in [2.45, 2.75) is 13.5 Å². The van der Waals surface area contributed by atoms with Crippen LogP contribution in [0.4, 0.5) is 16.2 Å². The molecule has 0 unspecified atom stereocenters. The van der Waals surface area contributed by atoms with Crippen molar-refractivity contribution in [2.24, 2.45) is 0 Å². The van der Waals surface area contributed by atoms with Crippen LogP contribution in [0.5, 0.6) is 0 Å². The van der Waals surface area contributed by atoms with Crippen LogP contribution in [0.2, 0.25) is 5.02 Å². The van der Waals surface area contributed by atoms with E-state index in [9.17, 15) is 4.79 Å². The van der Waals surface area contributed by atoms with Crippen molar-refractivity contribution < 1.29 is 9.32 Å². The van der Waals surface area contributed by atoms with E-state index in [1.165, 1.54) is 11.2 Å². The third-order valence-electron chi connectivity index (χ3n) is 3.60. The number of aromatic nitrogens is 2. The quantitative estimate of drug-likeness (QED) is 0.747. The minimum Gasteiger partial charge on any atom is -0.362 e. The van der Waals surface area contributed by atoms with Gasteiger partial charge in [0.25, 0.3) is 0 Å². The van der Waals surface area contributed by atoms with E-state index in [1.54, 1.807) is 49.4 Å². The second kappa shape index (κ2) is 7.68. The molecule has 0 bridgehead atoms. The maximum Gasteiger partial charge on any atom is 0.326 e. The Morgan fingerprint density at radius 1 is 1.31 bits per heavy atom. The fourth-order valence-corrected chi connectivity index (χ4v) is 2.45. The molecular weight excluding hydrogens is 354 g/mol. The molecule has 3 aromatic rings. The van der Waals surface area contributed by atoms with Gasteiger partial charge in [0.15, 0.2) is 0 Å². The first-order chi connectivity index (χ1) is 12.6. The first-order valence-electron chi connectivity index (χ1n) is 7.68. The zero-order chi connectivity index (χ0) is 18.5. The summed E-state index contributed by atoms with van der Waals surface area (Å²) in [6.07, 6.45) is 1.39. The molecule has 3 rings (SSSR count). The number of anilines is 2. The van der Waals surface area contributed by atoms with Crippen molar-refractivity contribution in [3.05, 3.63) is 70.8 Å². The number of nitriles is 1. The summed E-state index contributed by atoms with van der Waals surface area (Å²) >= 11 is 5.87. The number of benzene rings is 1. The average Bonchev–Trinajstić information content (AvgIpc) is 3.07. The molecule has 2 heterocycles. The smallest absolute Gasteiger partial charge is 0.326 e. The van der Waals surface area contributed by atoms with Gasteiger partial charge in [0.1, 0.15) is 29.4 Å². The lowest BCUT2D eigenvalue weighted by atomic mass is 10.2. The Morgan fingerprint density at radius 2 is 2.08 bits per heavy atom. The highest BCUT2D eigenvalue weighted by atomic mass is 35.5. The Balaban J connectivity index is 1.88. The molecule has 8 heteroatoms. The Morgan fingerprint density at radius 3 is 2.73 bits per heavy atom. The molecule has 0 saturated heterocycles. The fraction of sp³-hybridized carbons (Fsp3) is 0.111. The first-order valence-corrected chi connectivity index (χ1v) is 8.05. The number of carbonyl (C=O) groups is 1. The largest absolute Gasteiger partial charge is 0.362 e. The summed E-state index contributed by atoms with van der Waals surface area (Å²) in [6.45, 7) is 1.89. The summed E-state index contributed by atoms with van der Waals surface area (Å²) in [6, 6.07) is 13.4. The van der Waals surface area contributed by atoms with E-state index >= 15 is 0 Å². The highest BCUT2D eigenvalue weighted by Gasteiger charge is 2.21. The number of nitrogens with one attached hydrogen (secondary N) is 1. The molecule has 2 amide bonds. The standard InChI is InChI=1S/C18H14ClN5O2/c1-12-17(11-26-23-12)24(10-16-4-2-3-15(9-20)21-16)18(25)22-14-7-5-13(19)6-8-14/h2-8,11H,10H2,1H3,(H,22,25). The van der Waals surface area contributed by atoms with Gasteiger partial charge in [-0.3, -0.25) is 4.90 Å². The summed E-state index contributed by atoms with van der Waals surface area (Å²) in [5, 5.41) is 16.2. The molecule has 0 aliphatic rings. The third kappa shape index (κ3) is 3.99. The monoisotopic (exact) mass is 367 g/mol. The van der Waals surface area contributed by atoms with Crippen LogP contribution in [0.1, 0.15) is 17.1 Å². The van der Waals surface area contributed by atoms with E-state index in [4.69, 9.17) is 21.4 Å². The average molecular weight is 368 g/mol. The van der Waals surface area contributed by atoms with Crippen LogP contribution in [-0.2, 0) is 6.54 Å². The minimum atomic E-state index is -0.386. The highest BCUT2D eigenvalue weighted by Crippen LogP contribution is 2.22. The Bertz CT molecular complexity index is 962. The van der Waals surface area contributed by atoms with Crippen LogP contribution < -0.4 is 10.2 Å². The molecule has 0 fully saturated rings. The molecule has 7 nitrogen and oxygen atoms in total. The van der Waals surface area contributed by atoms with Crippen LogP contribution in [0.3, 0.4) is 0 Å². The molecule has 0 atom stereocenters. The molecule has 0 aliphatic heterocycles. The lowest BCUT2D eigenvalue weighted by Gasteiger charge is -2.21.